The summed E-state index contributed by atoms with van der Waals surface area (Å²) in [4.78, 5) is 13.0. The molecule has 1 aromatic rings. The van der Waals surface area contributed by atoms with Crippen LogP contribution in [0.4, 0.5) is 0 Å². The van der Waals surface area contributed by atoms with Crippen molar-refractivity contribution >= 4 is 5.97 Å². The number of aromatic carboxylic acids is 1. The highest BCUT2D eigenvalue weighted by molar-refractivity contribution is 5.84. The topological polar surface area (TPSA) is 62.9 Å². The molecule has 102 valence electrons. The number of likely N-dealkylation sites (N-methyl/N-ethyl adjacent to an activating group) is 1. The summed E-state index contributed by atoms with van der Waals surface area (Å²) in [5.41, 5.74) is 0. The molecule has 5 heteroatoms. The van der Waals surface area contributed by atoms with Crippen LogP contribution >= 0.6 is 0 Å². The van der Waals surface area contributed by atoms with Crippen molar-refractivity contribution in [1.82, 2.24) is 4.90 Å². The van der Waals surface area contributed by atoms with E-state index in [1.54, 1.807) is 13.2 Å². The average molecular weight is 255 g/mol. The summed E-state index contributed by atoms with van der Waals surface area (Å²) in [5.74, 6) is -0.397. The van der Waals surface area contributed by atoms with Crippen LogP contribution in [0.2, 0.25) is 0 Å². The molecular weight excluding hydrogens is 234 g/mol. The number of hydrogen-bond acceptors (Lipinski definition) is 4. The third-order valence-electron chi connectivity index (χ3n) is 3.09. The summed E-state index contributed by atoms with van der Waals surface area (Å²) in [6.07, 6.45) is 0. The minimum Gasteiger partial charge on any atom is -0.475 e. The number of ether oxygens (including phenoxy) is 1. The highest BCUT2D eigenvalue weighted by Crippen LogP contribution is 2.24. The molecule has 1 N–H and O–H groups in total. The fraction of sp³-hybridized carbons (Fsp3) is 0.615. The van der Waals surface area contributed by atoms with Crippen molar-refractivity contribution in [2.24, 2.45) is 0 Å². The van der Waals surface area contributed by atoms with Gasteiger partial charge >= 0.3 is 5.97 Å². The Kier molecular flexibility index (Phi) is 5.37. The predicted molar refractivity (Wildman–Crippen MR) is 67.8 cm³/mol. The van der Waals surface area contributed by atoms with Gasteiger partial charge in [0.15, 0.2) is 0 Å². The monoisotopic (exact) mass is 255 g/mol. The van der Waals surface area contributed by atoms with Crippen LogP contribution < -0.4 is 0 Å². The second-order valence-corrected chi connectivity index (χ2v) is 4.32. The molecule has 5 nitrogen and oxygen atoms in total. The Hall–Kier alpha value is -1.33. The summed E-state index contributed by atoms with van der Waals surface area (Å²) < 4.78 is 10.5. The maximum absolute atomic E-state index is 10.8. The Bertz CT molecular complexity index is 388. The van der Waals surface area contributed by atoms with Gasteiger partial charge in [-0.1, -0.05) is 6.92 Å². The van der Waals surface area contributed by atoms with Crippen molar-refractivity contribution in [3.8, 4) is 0 Å². The molecule has 1 aromatic heterocycles. The molecular formula is C13H21NO4. The van der Waals surface area contributed by atoms with Crippen molar-refractivity contribution in [1.29, 1.82) is 0 Å². The number of carbonyl (C=O) groups is 1. The molecule has 0 aliphatic rings. The minimum absolute atomic E-state index is 0.0210. The molecule has 0 aliphatic carbocycles. The summed E-state index contributed by atoms with van der Waals surface area (Å²) >= 11 is 0. The predicted octanol–water partition coefficient (Wildman–Crippen LogP) is 2.40. The van der Waals surface area contributed by atoms with Crippen LogP contribution in [-0.4, -0.2) is 42.3 Å². The van der Waals surface area contributed by atoms with E-state index in [9.17, 15) is 4.79 Å². The van der Waals surface area contributed by atoms with Gasteiger partial charge in [0.1, 0.15) is 5.76 Å². The zero-order valence-electron chi connectivity index (χ0n) is 11.3. The molecule has 0 radical (unpaired) electrons. The lowest BCUT2D eigenvalue weighted by Crippen LogP contribution is -2.37. The minimum atomic E-state index is -1.04. The van der Waals surface area contributed by atoms with Crippen molar-refractivity contribution < 1.29 is 19.1 Å². The van der Waals surface area contributed by atoms with E-state index in [-0.39, 0.29) is 17.8 Å². The number of carboxylic acid groups (broad SMARTS) is 1. The van der Waals surface area contributed by atoms with Gasteiger partial charge in [0.25, 0.3) is 0 Å². The van der Waals surface area contributed by atoms with Gasteiger partial charge in [0.05, 0.1) is 12.6 Å². The van der Waals surface area contributed by atoms with Crippen molar-refractivity contribution in [3.05, 3.63) is 23.7 Å². The number of furan rings is 1. The third kappa shape index (κ3) is 3.34. The maximum atomic E-state index is 10.8. The summed E-state index contributed by atoms with van der Waals surface area (Å²) in [6, 6.07) is 3.47. The van der Waals surface area contributed by atoms with E-state index < -0.39 is 5.97 Å². The van der Waals surface area contributed by atoms with Crippen molar-refractivity contribution in [3.63, 3.8) is 0 Å². The first-order valence-corrected chi connectivity index (χ1v) is 6.08. The Morgan fingerprint density at radius 1 is 1.50 bits per heavy atom. The molecule has 0 amide bonds. The normalized spacial score (nSPS) is 14.7. The lowest BCUT2D eigenvalue weighted by Gasteiger charge is -2.32. The smallest absolute Gasteiger partial charge is 0.371 e. The lowest BCUT2D eigenvalue weighted by atomic mass is 10.1. The largest absolute Gasteiger partial charge is 0.475 e. The van der Waals surface area contributed by atoms with Gasteiger partial charge in [0, 0.05) is 13.2 Å². The lowest BCUT2D eigenvalue weighted by molar-refractivity contribution is 0.0623. The van der Waals surface area contributed by atoms with Crippen LogP contribution in [0, 0.1) is 0 Å². The molecule has 18 heavy (non-hydrogen) atoms. The van der Waals surface area contributed by atoms with E-state index in [4.69, 9.17) is 14.3 Å². The van der Waals surface area contributed by atoms with Crippen LogP contribution in [0.1, 0.15) is 43.1 Å². The standard InChI is InChI=1S/C13H21NO4/c1-5-14(9(2)8-17-4)10(3)11-6-7-12(18-11)13(15)16/h6-7,9-10H,5,8H2,1-4H3,(H,15,16). The zero-order valence-corrected chi connectivity index (χ0v) is 11.3. The van der Waals surface area contributed by atoms with E-state index in [0.29, 0.717) is 12.4 Å². The molecule has 2 atom stereocenters. The van der Waals surface area contributed by atoms with Gasteiger partial charge in [-0.25, -0.2) is 4.79 Å². The van der Waals surface area contributed by atoms with E-state index in [1.807, 2.05) is 6.92 Å². The van der Waals surface area contributed by atoms with Crippen LogP contribution in [0.3, 0.4) is 0 Å². The molecule has 0 saturated carbocycles. The summed E-state index contributed by atoms with van der Waals surface area (Å²) in [5, 5.41) is 8.84. The fourth-order valence-corrected chi connectivity index (χ4v) is 2.16. The molecule has 0 saturated heterocycles. The van der Waals surface area contributed by atoms with E-state index in [1.165, 1.54) is 6.07 Å². The van der Waals surface area contributed by atoms with Crippen LogP contribution in [0.15, 0.2) is 16.5 Å². The molecule has 0 aliphatic heterocycles. The van der Waals surface area contributed by atoms with Gasteiger partial charge in [-0.3, -0.25) is 4.90 Å². The van der Waals surface area contributed by atoms with Crippen LogP contribution in [0.5, 0.6) is 0 Å². The zero-order chi connectivity index (χ0) is 13.7. The third-order valence-corrected chi connectivity index (χ3v) is 3.09. The van der Waals surface area contributed by atoms with E-state index in [0.717, 1.165) is 6.54 Å². The second kappa shape index (κ2) is 6.56. The fourth-order valence-electron chi connectivity index (χ4n) is 2.16. The molecule has 0 fully saturated rings. The number of methoxy groups -OCH3 is 1. The molecule has 0 spiro atoms. The van der Waals surface area contributed by atoms with Gasteiger partial charge in [-0.2, -0.15) is 0 Å². The quantitative estimate of drug-likeness (QED) is 0.810. The Labute approximate surface area is 107 Å². The average Bonchev–Trinajstić information content (AvgIpc) is 2.79. The highest BCUT2D eigenvalue weighted by Gasteiger charge is 2.23. The Morgan fingerprint density at radius 3 is 2.61 bits per heavy atom. The first-order chi connectivity index (χ1) is 8.51. The van der Waals surface area contributed by atoms with Crippen LogP contribution in [0.25, 0.3) is 0 Å². The number of nitrogens with zero attached hydrogens (tertiary/aromatic N) is 1. The van der Waals surface area contributed by atoms with Gasteiger partial charge in [-0.05, 0) is 32.5 Å². The highest BCUT2D eigenvalue weighted by atomic mass is 16.5. The van der Waals surface area contributed by atoms with Gasteiger partial charge in [-0.15, -0.1) is 0 Å². The van der Waals surface area contributed by atoms with E-state index >= 15 is 0 Å². The van der Waals surface area contributed by atoms with Crippen LogP contribution in [-0.2, 0) is 4.74 Å². The first kappa shape index (κ1) is 14.7. The Balaban J connectivity index is 2.82. The number of rotatable bonds is 7. The molecule has 0 aromatic carbocycles. The van der Waals surface area contributed by atoms with Crippen molar-refractivity contribution in [2.75, 3.05) is 20.3 Å². The van der Waals surface area contributed by atoms with Gasteiger partial charge < -0.3 is 14.3 Å². The van der Waals surface area contributed by atoms with Crippen molar-refractivity contribution in [2.45, 2.75) is 32.9 Å². The maximum Gasteiger partial charge on any atom is 0.371 e. The SMILES string of the molecule is CCN(C(C)COC)C(C)c1ccc(C(=O)O)o1. The first-order valence-electron chi connectivity index (χ1n) is 6.08. The molecule has 1 heterocycles. The molecule has 0 bridgehead atoms. The second-order valence-electron chi connectivity index (χ2n) is 4.32. The van der Waals surface area contributed by atoms with E-state index in [2.05, 4.69) is 18.7 Å². The summed E-state index contributed by atoms with van der Waals surface area (Å²) in [7, 11) is 1.67. The Morgan fingerprint density at radius 2 is 2.17 bits per heavy atom. The molecule has 2 unspecified atom stereocenters. The van der Waals surface area contributed by atoms with Gasteiger partial charge in [0.2, 0.25) is 5.76 Å². The number of hydrogen-bond donors (Lipinski definition) is 1. The summed E-state index contributed by atoms with van der Waals surface area (Å²) in [6.45, 7) is 7.61. The molecule has 1 rings (SSSR count). The number of carboxylic acids is 1.